The molecule has 0 aromatic carbocycles. The molecule has 0 radical (unpaired) electrons. The van der Waals surface area contributed by atoms with Crippen LogP contribution >= 0.6 is 0 Å². The van der Waals surface area contributed by atoms with Gasteiger partial charge in [-0.15, -0.1) is 0 Å². The van der Waals surface area contributed by atoms with Crippen molar-refractivity contribution in [3.8, 4) is 0 Å². The Balaban J connectivity index is 1.72. The molecule has 1 unspecified atom stereocenters. The van der Waals surface area contributed by atoms with E-state index in [0.717, 1.165) is 19.3 Å². The lowest BCUT2D eigenvalue weighted by atomic mass is 9.46. The van der Waals surface area contributed by atoms with Gasteiger partial charge >= 0.3 is 18.3 Å². The van der Waals surface area contributed by atoms with E-state index in [2.05, 4.69) is 4.74 Å². The van der Waals surface area contributed by atoms with Crippen LogP contribution in [0.1, 0.15) is 72.6 Å². The number of rotatable bonds is 7. The minimum atomic E-state index is -5.62. The van der Waals surface area contributed by atoms with Gasteiger partial charge in [-0.3, -0.25) is 4.79 Å². The van der Waals surface area contributed by atoms with Crippen molar-refractivity contribution in [2.75, 3.05) is 6.61 Å². The van der Waals surface area contributed by atoms with Crippen molar-refractivity contribution in [1.82, 2.24) is 0 Å². The third kappa shape index (κ3) is 4.71. The number of halogens is 6. The average molecular weight is 458 g/mol. The molecule has 31 heavy (non-hydrogen) atoms. The summed E-state index contributed by atoms with van der Waals surface area (Å²) in [5, 5.41) is 0. The predicted octanol–water partition coefficient (Wildman–Crippen LogP) is 6.45. The molecule has 3 nitrogen and oxygen atoms in total. The van der Waals surface area contributed by atoms with E-state index in [4.69, 9.17) is 4.74 Å². The van der Waals surface area contributed by atoms with Gasteiger partial charge in [-0.25, -0.2) is 0 Å². The normalized spacial score (nSPS) is 32.9. The number of ether oxygens (including phenoxy) is 2. The van der Waals surface area contributed by atoms with E-state index in [1.807, 2.05) is 13.8 Å². The third-order valence-electron chi connectivity index (χ3n) is 8.10. The molecule has 0 spiro atoms. The summed E-state index contributed by atoms with van der Waals surface area (Å²) in [6, 6.07) is 0. The fourth-order valence-corrected chi connectivity index (χ4v) is 6.26. The fourth-order valence-electron chi connectivity index (χ4n) is 6.26. The monoisotopic (exact) mass is 458 g/mol. The Morgan fingerprint density at radius 1 is 0.903 bits per heavy atom. The lowest BCUT2D eigenvalue weighted by Crippen LogP contribution is -2.58. The molecule has 4 aliphatic rings. The zero-order valence-corrected chi connectivity index (χ0v) is 18.5. The molecule has 0 aromatic rings. The molecule has 4 rings (SSSR count). The van der Waals surface area contributed by atoms with Crippen molar-refractivity contribution in [2.45, 2.75) is 96.7 Å². The molecular formula is C22H32F6O3. The average Bonchev–Trinajstić information content (AvgIpc) is 2.57. The second-order valence-electron chi connectivity index (χ2n) is 10.8. The molecule has 1 atom stereocenters. The number of alkyl halides is 6. The van der Waals surface area contributed by atoms with Gasteiger partial charge in [-0.1, -0.05) is 6.92 Å². The minimum Gasteiger partial charge on any atom is -0.459 e. The predicted molar refractivity (Wildman–Crippen MR) is 101 cm³/mol. The SMILES string of the molecule is CCC(C)(COC(C(F)(F)F)C(F)(F)F)C(=O)OC(C)(C)C12CC3CC(CC(C3)C1)C2. The van der Waals surface area contributed by atoms with Crippen LogP contribution in [0.2, 0.25) is 0 Å². The van der Waals surface area contributed by atoms with Crippen LogP contribution in [-0.4, -0.2) is 36.6 Å². The quantitative estimate of drug-likeness (QED) is 0.325. The first kappa shape index (κ1) is 24.6. The van der Waals surface area contributed by atoms with Gasteiger partial charge in [-0.05, 0) is 83.5 Å². The van der Waals surface area contributed by atoms with Crippen LogP contribution in [-0.2, 0) is 14.3 Å². The molecule has 0 saturated heterocycles. The highest BCUT2D eigenvalue weighted by Crippen LogP contribution is 2.64. The van der Waals surface area contributed by atoms with Crippen molar-refractivity contribution in [3.63, 3.8) is 0 Å². The Hall–Kier alpha value is -0.990. The zero-order valence-electron chi connectivity index (χ0n) is 18.5. The van der Waals surface area contributed by atoms with Gasteiger partial charge in [0.1, 0.15) is 5.60 Å². The Labute approximate surface area is 179 Å². The van der Waals surface area contributed by atoms with Crippen molar-refractivity contribution < 1.29 is 40.6 Å². The second-order valence-corrected chi connectivity index (χ2v) is 10.8. The van der Waals surface area contributed by atoms with E-state index < -0.39 is 42.0 Å². The summed E-state index contributed by atoms with van der Waals surface area (Å²) in [6.07, 6.45) is -8.75. The summed E-state index contributed by atoms with van der Waals surface area (Å²) in [6.45, 7) is 5.48. The fraction of sp³-hybridized carbons (Fsp3) is 0.955. The minimum absolute atomic E-state index is 0.00871. The van der Waals surface area contributed by atoms with E-state index in [1.165, 1.54) is 33.1 Å². The maximum atomic E-state index is 13.1. The van der Waals surface area contributed by atoms with Gasteiger partial charge in [-0.2, -0.15) is 26.3 Å². The van der Waals surface area contributed by atoms with Gasteiger partial charge in [0.15, 0.2) is 0 Å². The summed E-state index contributed by atoms with van der Waals surface area (Å²) < 4.78 is 87.1. The van der Waals surface area contributed by atoms with Crippen LogP contribution in [0.4, 0.5) is 26.3 Å². The second kappa shape index (κ2) is 7.80. The number of carbonyl (C=O) groups excluding carboxylic acids is 1. The summed E-state index contributed by atoms with van der Waals surface area (Å²) >= 11 is 0. The highest BCUT2D eigenvalue weighted by atomic mass is 19.4. The molecule has 0 aliphatic heterocycles. The summed E-state index contributed by atoms with van der Waals surface area (Å²) in [7, 11) is 0. The number of hydrogen-bond donors (Lipinski definition) is 0. The summed E-state index contributed by atoms with van der Waals surface area (Å²) in [5.74, 6) is 0.997. The number of hydrogen-bond acceptors (Lipinski definition) is 3. The zero-order chi connectivity index (χ0) is 23.5. The first-order valence-corrected chi connectivity index (χ1v) is 11.0. The number of carbonyl (C=O) groups is 1. The van der Waals surface area contributed by atoms with Crippen molar-refractivity contribution in [2.24, 2.45) is 28.6 Å². The van der Waals surface area contributed by atoms with Crippen LogP contribution in [0.3, 0.4) is 0 Å². The Kier molecular flexibility index (Phi) is 6.20. The maximum Gasteiger partial charge on any atom is 0.423 e. The molecule has 4 fully saturated rings. The van der Waals surface area contributed by atoms with Crippen LogP contribution < -0.4 is 0 Å². The topological polar surface area (TPSA) is 35.5 Å². The van der Waals surface area contributed by atoms with Gasteiger partial charge in [0.05, 0.1) is 12.0 Å². The van der Waals surface area contributed by atoms with Gasteiger partial charge < -0.3 is 9.47 Å². The largest absolute Gasteiger partial charge is 0.459 e. The van der Waals surface area contributed by atoms with Crippen LogP contribution in [0.25, 0.3) is 0 Å². The standard InChI is InChI=1S/C22H32F6O3/c1-5-19(4,12-30-16(21(23,24)25)22(26,27)28)17(29)31-18(2,3)20-9-13-6-14(10-20)8-15(7-13)11-20/h13-16H,5-12H2,1-4H3. The van der Waals surface area contributed by atoms with Crippen LogP contribution in [0, 0.1) is 28.6 Å². The van der Waals surface area contributed by atoms with Gasteiger partial charge in [0, 0.05) is 5.41 Å². The Morgan fingerprint density at radius 3 is 1.68 bits per heavy atom. The molecule has 0 heterocycles. The van der Waals surface area contributed by atoms with Crippen molar-refractivity contribution in [3.05, 3.63) is 0 Å². The Bertz CT molecular complexity index is 634. The number of esters is 1. The Morgan fingerprint density at radius 2 is 1.32 bits per heavy atom. The highest BCUT2D eigenvalue weighted by molar-refractivity contribution is 5.77. The van der Waals surface area contributed by atoms with E-state index in [0.29, 0.717) is 17.8 Å². The van der Waals surface area contributed by atoms with Gasteiger partial charge in [0.2, 0.25) is 6.10 Å². The van der Waals surface area contributed by atoms with Crippen molar-refractivity contribution >= 4 is 5.97 Å². The molecule has 4 aliphatic carbocycles. The first-order chi connectivity index (χ1) is 14.0. The molecule has 0 amide bonds. The van der Waals surface area contributed by atoms with E-state index >= 15 is 0 Å². The van der Waals surface area contributed by atoms with E-state index in [1.54, 1.807) is 0 Å². The lowest BCUT2D eigenvalue weighted by molar-refractivity contribution is -0.326. The molecule has 0 N–H and O–H groups in total. The molecule has 4 bridgehead atoms. The van der Waals surface area contributed by atoms with E-state index in [-0.39, 0.29) is 11.8 Å². The van der Waals surface area contributed by atoms with Crippen LogP contribution in [0.5, 0.6) is 0 Å². The molecular weight excluding hydrogens is 426 g/mol. The lowest BCUT2D eigenvalue weighted by Gasteiger charge is -2.61. The molecule has 0 aromatic heterocycles. The molecule has 9 heteroatoms. The third-order valence-corrected chi connectivity index (χ3v) is 8.10. The smallest absolute Gasteiger partial charge is 0.423 e. The van der Waals surface area contributed by atoms with Crippen molar-refractivity contribution in [1.29, 1.82) is 0 Å². The summed E-state index contributed by atoms with van der Waals surface area (Å²) in [5.41, 5.74) is -2.66. The summed E-state index contributed by atoms with van der Waals surface area (Å²) in [4.78, 5) is 13.1. The molecule has 4 saturated carbocycles. The van der Waals surface area contributed by atoms with Gasteiger partial charge in [0.25, 0.3) is 0 Å². The highest BCUT2D eigenvalue weighted by Gasteiger charge is 2.61. The maximum absolute atomic E-state index is 13.1. The van der Waals surface area contributed by atoms with Crippen LogP contribution in [0.15, 0.2) is 0 Å². The van der Waals surface area contributed by atoms with E-state index in [9.17, 15) is 31.1 Å². The first-order valence-electron chi connectivity index (χ1n) is 11.0. The molecule has 180 valence electrons.